The van der Waals surface area contributed by atoms with Crippen LogP contribution in [0.25, 0.3) is 22.3 Å². The summed E-state index contributed by atoms with van der Waals surface area (Å²) in [6.45, 7) is 1.75. The number of aromatic nitrogens is 2. The van der Waals surface area contributed by atoms with Crippen LogP contribution < -0.4 is 11.3 Å². The second kappa shape index (κ2) is 6.12. The molecule has 8 heteroatoms. The lowest BCUT2D eigenvalue weighted by Gasteiger charge is -2.24. The lowest BCUT2D eigenvalue weighted by atomic mass is 9.90. The summed E-state index contributed by atoms with van der Waals surface area (Å²) in [5.74, 6) is -1.44. The number of cyclic esters (lactones) is 1. The van der Waals surface area contributed by atoms with Gasteiger partial charge in [0.1, 0.15) is 12.4 Å². The number of anilines is 1. The Morgan fingerprint density at radius 3 is 2.83 bits per heavy atom. The van der Waals surface area contributed by atoms with Gasteiger partial charge < -0.3 is 20.1 Å². The Bertz CT molecular complexity index is 1280. The van der Waals surface area contributed by atoms with Crippen molar-refractivity contribution in [2.75, 3.05) is 5.73 Å². The number of nitrogen functional groups attached to an aromatic ring is 1. The molecule has 0 saturated carbocycles. The van der Waals surface area contributed by atoms with E-state index >= 15 is 0 Å². The Hall–Kier alpha value is -3.26. The quantitative estimate of drug-likeness (QED) is 0.398. The van der Waals surface area contributed by atoms with Crippen LogP contribution in [0.4, 0.5) is 10.1 Å². The van der Waals surface area contributed by atoms with Gasteiger partial charge in [0.25, 0.3) is 5.56 Å². The molecule has 148 valence electrons. The minimum Gasteiger partial charge on any atom is -0.460 e. The van der Waals surface area contributed by atoms with Crippen molar-refractivity contribution in [2.24, 2.45) is 0 Å². The number of rotatable bonds is 2. The molecule has 7 nitrogen and oxygen atoms in total. The first-order valence-electron chi connectivity index (χ1n) is 9.39. The molecule has 3 N–H and O–H groups in total. The van der Waals surface area contributed by atoms with Gasteiger partial charge in [0, 0.05) is 17.0 Å². The van der Waals surface area contributed by atoms with Crippen molar-refractivity contribution in [3.05, 3.63) is 56.6 Å². The fourth-order valence-electron chi connectivity index (χ4n) is 4.40. The molecule has 1 atom stereocenters. The summed E-state index contributed by atoms with van der Waals surface area (Å²) >= 11 is 0. The van der Waals surface area contributed by atoms with Crippen molar-refractivity contribution >= 4 is 22.6 Å². The van der Waals surface area contributed by atoms with Crippen LogP contribution in [-0.4, -0.2) is 20.6 Å². The Kier molecular flexibility index (Phi) is 3.76. The summed E-state index contributed by atoms with van der Waals surface area (Å²) in [6, 6.07) is 4.50. The van der Waals surface area contributed by atoms with Gasteiger partial charge in [-0.15, -0.1) is 0 Å². The Morgan fingerprint density at radius 2 is 2.10 bits per heavy atom. The van der Waals surface area contributed by atoms with E-state index in [4.69, 9.17) is 10.5 Å². The lowest BCUT2D eigenvalue weighted by Crippen LogP contribution is -2.32. The van der Waals surface area contributed by atoms with Gasteiger partial charge in [-0.3, -0.25) is 9.59 Å². The Morgan fingerprint density at radius 1 is 1.31 bits per heavy atom. The van der Waals surface area contributed by atoms with Gasteiger partial charge in [-0.05, 0) is 29.7 Å². The van der Waals surface area contributed by atoms with E-state index in [0.29, 0.717) is 51.0 Å². The maximum atomic E-state index is 14.0. The van der Waals surface area contributed by atoms with E-state index in [1.54, 1.807) is 4.57 Å². The number of carbonyl (C=O) groups excluding carboxylic acids is 1. The van der Waals surface area contributed by atoms with Gasteiger partial charge in [-0.2, -0.15) is 0 Å². The van der Waals surface area contributed by atoms with Crippen LogP contribution in [0.2, 0.25) is 0 Å². The zero-order valence-electron chi connectivity index (χ0n) is 15.7. The number of halogens is 1. The number of hydrogen-bond donors (Lipinski definition) is 2. The molecule has 4 heterocycles. The number of aliphatic hydroxyl groups is 1. The van der Waals surface area contributed by atoms with Gasteiger partial charge in [0.15, 0.2) is 0 Å². The smallest absolute Gasteiger partial charge is 0.313 e. The average Bonchev–Trinajstić information content (AvgIpc) is 3.06. The molecule has 0 spiro atoms. The maximum Gasteiger partial charge on any atom is 0.313 e. The molecule has 3 aromatic rings. The zero-order valence-corrected chi connectivity index (χ0v) is 15.7. The number of aliphatic hydroxyl groups excluding tert-OH is 1. The third-order valence-corrected chi connectivity index (χ3v) is 5.90. The molecule has 1 aromatic carbocycles. The first-order chi connectivity index (χ1) is 13.9. The maximum absolute atomic E-state index is 14.0. The van der Waals surface area contributed by atoms with Crippen molar-refractivity contribution < 1.29 is 19.0 Å². The van der Waals surface area contributed by atoms with Crippen LogP contribution in [0.3, 0.4) is 0 Å². The Labute approximate surface area is 164 Å². The molecule has 0 aliphatic carbocycles. The number of pyridine rings is 2. The summed E-state index contributed by atoms with van der Waals surface area (Å²) < 4.78 is 20.8. The highest BCUT2D eigenvalue weighted by Gasteiger charge is 2.34. The molecule has 0 fully saturated rings. The average molecular weight is 395 g/mol. The molecule has 2 aromatic heterocycles. The van der Waals surface area contributed by atoms with Crippen LogP contribution in [-0.2, 0) is 29.3 Å². The first-order valence-corrected chi connectivity index (χ1v) is 9.39. The SMILES string of the molecule is CCC1C(=O)OCc2c1cc1n(c2=O)Cc2c-1nc1cc(F)c(N)cc1c2CO. The third-order valence-electron chi connectivity index (χ3n) is 5.90. The fourth-order valence-corrected chi connectivity index (χ4v) is 4.40. The predicted octanol–water partition coefficient (Wildman–Crippen LogP) is 2.19. The number of benzene rings is 1. The van der Waals surface area contributed by atoms with E-state index in [1.165, 1.54) is 12.1 Å². The molecular weight excluding hydrogens is 377 g/mol. The van der Waals surface area contributed by atoms with E-state index < -0.39 is 11.7 Å². The summed E-state index contributed by atoms with van der Waals surface area (Å²) in [6.07, 6.45) is 0.513. The minimum absolute atomic E-state index is 0.0291. The summed E-state index contributed by atoms with van der Waals surface area (Å²) in [5.41, 5.74) is 9.26. The van der Waals surface area contributed by atoms with Crippen molar-refractivity contribution in [3.63, 3.8) is 0 Å². The minimum atomic E-state index is -0.594. The molecule has 1 unspecified atom stereocenters. The Balaban J connectivity index is 1.82. The van der Waals surface area contributed by atoms with Gasteiger partial charge in [-0.1, -0.05) is 6.92 Å². The molecule has 2 aliphatic heterocycles. The van der Waals surface area contributed by atoms with Gasteiger partial charge in [-0.25, -0.2) is 9.37 Å². The van der Waals surface area contributed by atoms with Crippen LogP contribution in [0.15, 0.2) is 23.0 Å². The van der Waals surface area contributed by atoms with Crippen molar-refractivity contribution in [1.82, 2.24) is 9.55 Å². The van der Waals surface area contributed by atoms with Gasteiger partial charge >= 0.3 is 5.97 Å². The van der Waals surface area contributed by atoms with Gasteiger partial charge in [0.05, 0.1) is 47.2 Å². The number of hydrogen-bond acceptors (Lipinski definition) is 6. The highest BCUT2D eigenvalue weighted by molar-refractivity contribution is 5.90. The molecular formula is C21H18FN3O4. The monoisotopic (exact) mass is 395 g/mol. The van der Waals surface area contributed by atoms with E-state index in [1.807, 2.05) is 13.0 Å². The fraction of sp³-hybridized carbons (Fsp3) is 0.286. The molecule has 0 radical (unpaired) electrons. The van der Waals surface area contributed by atoms with Crippen LogP contribution in [0.5, 0.6) is 0 Å². The second-order valence-electron chi connectivity index (χ2n) is 7.39. The molecule has 2 aliphatic rings. The highest BCUT2D eigenvalue weighted by atomic mass is 19.1. The number of nitrogens with two attached hydrogens (primary N) is 1. The molecule has 0 amide bonds. The van der Waals surface area contributed by atoms with Crippen molar-refractivity contribution in [1.29, 1.82) is 0 Å². The largest absolute Gasteiger partial charge is 0.460 e. The summed E-state index contributed by atoms with van der Waals surface area (Å²) in [7, 11) is 0. The third kappa shape index (κ3) is 2.35. The normalized spacial score (nSPS) is 17.1. The molecule has 0 saturated heterocycles. The standard InChI is InChI=1S/C21H18FN3O4/c1-2-9-10-4-18-19-12(6-25(18)20(27)14(10)8-29-21(9)28)13(7-26)11-3-16(23)15(22)5-17(11)24-19/h3-5,9,26H,2,6-8,23H2,1H3. The van der Waals surface area contributed by atoms with Crippen LogP contribution in [0, 0.1) is 5.82 Å². The molecule has 0 bridgehead atoms. The van der Waals surface area contributed by atoms with E-state index in [0.717, 1.165) is 0 Å². The van der Waals surface area contributed by atoms with Crippen LogP contribution >= 0.6 is 0 Å². The molecule has 29 heavy (non-hydrogen) atoms. The van der Waals surface area contributed by atoms with E-state index in [9.17, 15) is 19.1 Å². The lowest BCUT2D eigenvalue weighted by molar-refractivity contribution is -0.148. The number of nitrogens with zero attached hydrogens (tertiary/aromatic N) is 2. The number of fused-ring (bicyclic) bond motifs is 5. The number of carbonyl (C=O) groups is 1. The van der Waals surface area contributed by atoms with E-state index in [-0.39, 0.29) is 37.0 Å². The van der Waals surface area contributed by atoms with Crippen molar-refractivity contribution in [3.8, 4) is 11.4 Å². The van der Waals surface area contributed by atoms with Crippen LogP contribution in [0.1, 0.15) is 41.5 Å². The first kappa shape index (κ1) is 17.8. The summed E-state index contributed by atoms with van der Waals surface area (Å²) in [5, 5.41) is 10.6. The zero-order chi connectivity index (χ0) is 20.4. The predicted molar refractivity (Wildman–Crippen MR) is 104 cm³/mol. The number of ether oxygens (including phenoxy) is 1. The van der Waals surface area contributed by atoms with Crippen molar-refractivity contribution in [2.45, 2.75) is 39.0 Å². The summed E-state index contributed by atoms with van der Waals surface area (Å²) in [4.78, 5) is 29.9. The number of esters is 1. The second-order valence-corrected chi connectivity index (χ2v) is 7.39. The van der Waals surface area contributed by atoms with Gasteiger partial charge in [0.2, 0.25) is 0 Å². The highest BCUT2D eigenvalue weighted by Crippen LogP contribution is 2.39. The van der Waals surface area contributed by atoms with E-state index in [2.05, 4.69) is 4.98 Å². The molecule has 5 rings (SSSR count). The topological polar surface area (TPSA) is 107 Å².